The fourth-order valence-corrected chi connectivity index (χ4v) is 3.97. The van der Waals surface area contributed by atoms with E-state index in [9.17, 15) is 0 Å². The van der Waals surface area contributed by atoms with Gasteiger partial charge in [0.1, 0.15) is 0 Å². The first-order chi connectivity index (χ1) is 10.0. The molecule has 0 radical (unpaired) electrons. The van der Waals surface area contributed by atoms with Gasteiger partial charge in [-0.3, -0.25) is 0 Å². The Morgan fingerprint density at radius 3 is 2.62 bits per heavy atom. The Bertz CT molecular complexity index is 610. The highest BCUT2D eigenvalue weighted by Crippen LogP contribution is 2.35. The van der Waals surface area contributed by atoms with Crippen LogP contribution in [-0.4, -0.2) is 6.54 Å². The maximum Gasteiger partial charge on any atom is 0.0590 e. The van der Waals surface area contributed by atoms with Crippen LogP contribution in [0.5, 0.6) is 0 Å². The Hall–Kier alpha value is -0.250. The van der Waals surface area contributed by atoms with Gasteiger partial charge in [0.25, 0.3) is 0 Å². The second-order valence-electron chi connectivity index (χ2n) is 5.04. The summed E-state index contributed by atoms with van der Waals surface area (Å²) in [5.41, 5.74) is 2.16. The van der Waals surface area contributed by atoms with Crippen molar-refractivity contribution in [1.29, 1.82) is 0 Å². The third-order valence-electron chi connectivity index (χ3n) is 3.31. The molecule has 1 aromatic carbocycles. The fraction of sp³-hybridized carbons (Fsp3) is 0.375. The van der Waals surface area contributed by atoms with Gasteiger partial charge in [-0.2, -0.15) is 0 Å². The minimum Gasteiger partial charge on any atom is -0.309 e. The molecule has 1 aromatic heterocycles. The van der Waals surface area contributed by atoms with Crippen molar-refractivity contribution in [2.75, 3.05) is 6.54 Å². The predicted molar refractivity (Wildman–Crippen MR) is 95.3 cm³/mol. The van der Waals surface area contributed by atoms with Crippen LogP contribution in [0.4, 0.5) is 0 Å². The molecule has 2 aromatic rings. The number of thiophene rings is 1. The summed E-state index contributed by atoms with van der Waals surface area (Å²) in [7, 11) is 0. The Balaban J connectivity index is 2.28. The van der Waals surface area contributed by atoms with Crippen molar-refractivity contribution in [1.82, 2.24) is 5.32 Å². The van der Waals surface area contributed by atoms with Crippen LogP contribution in [0.2, 0.25) is 15.1 Å². The minimum absolute atomic E-state index is 0.159. The summed E-state index contributed by atoms with van der Waals surface area (Å²) in [4.78, 5) is 1.17. The number of aryl methyl sites for hydroxylation is 1. The average molecular weight is 363 g/mol. The molecular weight excluding hydrogens is 345 g/mol. The molecule has 0 spiro atoms. The van der Waals surface area contributed by atoms with Crippen LogP contribution in [0.15, 0.2) is 23.6 Å². The predicted octanol–water partition coefficient (Wildman–Crippen LogP) is 6.30. The molecule has 0 aliphatic heterocycles. The lowest BCUT2D eigenvalue weighted by molar-refractivity contribution is 0.536. The van der Waals surface area contributed by atoms with Crippen molar-refractivity contribution in [2.24, 2.45) is 0 Å². The summed E-state index contributed by atoms with van der Waals surface area (Å²) in [6.45, 7) is 5.12. The van der Waals surface area contributed by atoms with Crippen LogP contribution >= 0.6 is 46.1 Å². The number of benzene rings is 1. The molecule has 1 N–H and O–H groups in total. The van der Waals surface area contributed by atoms with Crippen LogP contribution in [0.1, 0.15) is 35.4 Å². The van der Waals surface area contributed by atoms with Gasteiger partial charge in [-0.15, -0.1) is 11.3 Å². The summed E-state index contributed by atoms with van der Waals surface area (Å²) in [6.07, 6.45) is 1.85. The molecule has 21 heavy (non-hydrogen) atoms. The number of hydrogen-bond acceptors (Lipinski definition) is 2. The lowest BCUT2D eigenvalue weighted by atomic mass is 10.0. The standard InChI is InChI=1S/C16H18Cl3NS/c1-3-6-20-14(16-15(19)10(2)9-21-16)8-11-7-12(17)4-5-13(11)18/h4-5,7,9,14,20H,3,6,8H2,1-2H3. The monoisotopic (exact) mass is 361 g/mol. The zero-order chi connectivity index (χ0) is 15.4. The second-order valence-corrected chi connectivity index (χ2v) is 7.18. The van der Waals surface area contributed by atoms with Crippen molar-refractivity contribution >= 4 is 46.1 Å². The van der Waals surface area contributed by atoms with E-state index in [2.05, 4.69) is 17.6 Å². The highest BCUT2D eigenvalue weighted by atomic mass is 35.5. The van der Waals surface area contributed by atoms with E-state index in [4.69, 9.17) is 34.8 Å². The zero-order valence-electron chi connectivity index (χ0n) is 12.1. The van der Waals surface area contributed by atoms with Gasteiger partial charge >= 0.3 is 0 Å². The SMILES string of the molecule is CCCNC(Cc1cc(Cl)ccc1Cl)c1scc(C)c1Cl. The molecule has 1 heterocycles. The summed E-state index contributed by atoms with van der Waals surface area (Å²) in [5.74, 6) is 0. The van der Waals surface area contributed by atoms with Gasteiger partial charge in [0.2, 0.25) is 0 Å². The maximum absolute atomic E-state index is 6.43. The van der Waals surface area contributed by atoms with E-state index in [1.54, 1.807) is 11.3 Å². The summed E-state index contributed by atoms with van der Waals surface area (Å²) in [6, 6.07) is 5.74. The van der Waals surface area contributed by atoms with Crippen LogP contribution in [0.25, 0.3) is 0 Å². The molecule has 114 valence electrons. The van der Waals surface area contributed by atoms with Crippen molar-refractivity contribution in [3.63, 3.8) is 0 Å². The Labute approximate surface area is 145 Å². The second kappa shape index (κ2) is 7.85. The lowest BCUT2D eigenvalue weighted by Crippen LogP contribution is -2.23. The first kappa shape index (κ1) is 17.1. The van der Waals surface area contributed by atoms with E-state index in [0.29, 0.717) is 5.02 Å². The zero-order valence-corrected chi connectivity index (χ0v) is 15.1. The van der Waals surface area contributed by atoms with E-state index >= 15 is 0 Å². The molecule has 0 aliphatic carbocycles. The van der Waals surface area contributed by atoms with Crippen LogP contribution in [0.3, 0.4) is 0 Å². The maximum atomic E-state index is 6.43. The molecule has 1 atom stereocenters. The van der Waals surface area contributed by atoms with Gasteiger partial charge in [0, 0.05) is 21.0 Å². The van der Waals surface area contributed by atoms with Gasteiger partial charge in [-0.1, -0.05) is 41.7 Å². The fourth-order valence-electron chi connectivity index (χ4n) is 2.18. The molecule has 0 saturated heterocycles. The Morgan fingerprint density at radius 2 is 2.00 bits per heavy atom. The molecule has 2 rings (SSSR count). The molecule has 5 heteroatoms. The number of hydrogen-bond donors (Lipinski definition) is 1. The van der Waals surface area contributed by atoms with Crippen molar-refractivity contribution in [3.05, 3.63) is 54.7 Å². The van der Waals surface area contributed by atoms with Crippen LogP contribution < -0.4 is 5.32 Å². The summed E-state index contributed by atoms with van der Waals surface area (Å²) in [5, 5.41) is 7.96. The van der Waals surface area contributed by atoms with E-state index in [0.717, 1.165) is 40.6 Å². The lowest BCUT2D eigenvalue weighted by Gasteiger charge is -2.19. The molecule has 0 saturated carbocycles. The van der Waals surface area contributed by atoms with Crippen molar-refractivity contribution < 1.29 is 0 Å². The van der Waals surface area contributed by atoms with Gasteiger partial charge in [0.15, 0.2) is 0 Å². The highest BCUT2D eigenvalue weighted by Gasteiger charge is 2.19. The topological polar surface area (TPSA) is 12.0 Å². The average Bonchev–Trinajstić information content (AvgIpc) is 2.79. The van der Waals surface area contributed by atoms with Gasteiger partial charge in [0.05, 0.1) is 5.02 Å². The molecular formula is C16H18Cl3NS. The third-order valence-corrected chi connectivity index (χ3v) is 5.75. The van der Waals surface area contributed by atoms with Gasteiger partial charge < -0.3 is 5.32 Å². The Morgan fingerprint density at radius 1 is 1.24 bits per heavy atom. The third kappa shape index (κ3) is 4.37. The van der Waals surface area contributed by atoms with Gasteiger partial charge in [-0.05, 0) is 61.0 Å². The van der Waals surface area contributed by atoms with Crippen molar-refractivity contribution in [3.8, 4) is 0 Å². The molecule has 0 aliphatic rings. The number of halogens is 3. The number of nitrogens with one attached hydrogen (secondary N) is 1. The van der Waals surface area contributed by atoms with Gasteiger partial charge in [-0.25, -0.2) is 0 Å². The molecule has 0 fully saturated rings. The van der Waals surface area contributed by atoms with E-state index < -0.39 is 0 Å². The van der Waals surface area contributed by atoms with E-state index in [1.165, 1.54) is 4.88 Å². The molecule has 1 nitrogen and oxygen atoms in total. The highest BCUT2D eigenvalue weighted by molar-refractivity contribution is 7.10. The van der Waals surface area contributed by atoms with Crippen LogP contribution in [0, 0.1) is 6.92 Å². The first-order valence-corrected chi connectivity index (χ1v) is 8.95. The van der Waals surface area contributed by atoms with E-state index in [1.807, 2.05) is 25.1 Å². The summed E-state index contributed by atoms with van der Waals surface area (Å²) < 4.78 is 0. The quantitative estimate of drug-likeness (QED) is 0.635. The number of rotatable bonds is 6. The van der Waals surface area contributed by atoms with E-state index in [-0.39, 0.29) is 6.04 Å². The van der Waals surface area contributed by atoms with Crippen molar-refractivity contribution in [2.45, 2.75) is 32.7 Å². The van der Waals surface area contributed by atoms with Crippen LogP contribution in [-0.2, 0) is 6.42 Å². The minimum atomic E-state index is 0.159. The smallest absolute Gasteiger partial charge is 0.0590 e. The molecule has 0 bridgehead atoms. The Kier molecular flexibility index (Phi) is 6.39. The normalized spacial score (nSPS) is 12.6. The summed E-state index contributed by atoms with van der Waals surface area (Å²) >= 11 is 20.5. The largest absolute Gasteiger partial charge is 0.309 e. The first-order valence-electron chi connectivity index (χ1n) is 6.93. The molecule has 0 amide bonds. The molecule has 1 unspecified atom stereocenters.